The summed E-state index contributed by atoms with van der Waals surface area (Å²) in [4.78, 5) is 17.6. The maximum absolute atomic E-state index is 11.7. The van der Waals surface area contributed by atoms with E-state index in [4.69, 9.17) is 4.52 Å². The molecule has 0 amide bonds. The van der Waals surface area contributed by atoms with Gasteiger partial charge in [0.05, 0.1) is 12.7 Å². The third-order valence-corrected chi connectivity index (χ3v) is 4.38. The summed E-state index contributed by atoms with van der Waals surface area (Å²) in [6.07, 6.45) is 6.20. The van der Waals surface area contributed by atoms with Gasteiger partial charge in [-0.05, 0) is 0 Å². The molecule has 2 rings (SSSR count). The van der Waals surface area contributed by atoms with Crippen molar-refractivity contribution in [2.45, 2.75) is 20.3 Å². The Balaban J connectivity index is 0.000000861. The van der Waals surface area contributed by atoms with E-state index in [1.165, 1.54) is 18.1 Å². The highest BCUT2D eigenvalue weighted by atomic mass is 32.2. The van der Waals surface area contributed by atoms with Gasteiger partial charge in [0.2, 0.25) is 11.0 Å². The van der Waals surface area contributed by atoms with Gasteiger partial charge in [0.15, 0.2) is 12.2 Å². The van der Waals surface area contributed by atoms with Gasteiger partial charge < -0.3 is 9.42 Å². The van der Waals surface area contributed by atoms with Gasteiger partial charge in [-0.2, -0.15) is 4.98 Å². The van der Waals surface area contributed by atoms with Crippen LogP contribution in [0.25, 0.3) is 0 Å². The van der Waals surface area contributed by atoms with Crippen molar-refractivity contribution in [3.8, 4) is 0 Å². The quantitative estimate of drug-likeness (QED) is 0.774. The summed E-state index contributed by atoms with van der Waals surface area (Å²) in [5, 5.41) is 5.85. The number of carbonyl (C=O) groups excluding carboxylic acids is 1. The Bertz CT molecular complexity index is 396. The summed E-state index contributed by atoms with van der Waals surface area (Å²) in [5.74, 6) is 2.24. The molecule has 1 aliphatic rings. The summed E-state index contributed by atoms with van der Waals surface area (Å²) >= 11 is 1.32. The average Bonchev–Trinajstić information content (AvgIpc) is 3.04. The molecule has 1 aromatic heterocycles. The molecule has 0 bridgehead atoms. The molecular formula is C12H20N3O2S2+. The van der Waals surface area contributed by atoms with Gasteiger partial charge in [0, 0.05) is 23.1 Å². The number of aryl methyl sites for hydroxylation is 1. The summed E-state index contributed by atoms with van der Waals surface area (Å²) in [7, 11) is 0.301. The molecule has 0 radical (unpaired) electrons. The number of carbonyl (C=O) groups is 1. The lowest BCUT2D eigenvalue weighted by Crippen LogP contribution is -2.24. The molecule has 1 unspecified atom stereocenters. The fraction of sp³-hybridized carbons (Fsp3) is 0.583. The van der Waals surface area contributed by atoms with E-state index in [-0.39, 0.29) is 5.12 Å². The molecule has 1 aromatic rings. The van der Waals surface area contributed by atoms with Gasteiger partial charge in [-0.1, -0.05) is 30.8 Å². The molecule has 0 aliphatic carbocycles. The second-order valence-electron chi connectivity index (χ2n) is 3.66. The number of thioether (sulfide) groups is 1. The fourth-order valence-electron chi connectivity index (χ4n) is 1.41. The van der Waals surface area contributed by atoms with Gasteiger partial charge >= 0.3 is 0 Å². The van der Waals surface area contributed by atoms with E-state index in [9.17, 15) is 4.79 Å². The lowest BCUT2D eigenvalue weighted by molar-refractivity contribution is -0.111. The van der Waals surface area contributed by atoms with Gasteiger partial charge in [-0.3, -0.25) is 4.79 Å². The molecule has 19 heavy (non-hydrogen) atoms. The molecular weight excluding hydrogens is 282 g/mol. The topological polar surface area (TPSA) is 59.2 Å². The van der Waals surface area contributed by atoms with Crippen molar-refractivity contribution >= 4 is 27.8 Å². The van der Waals surface area contributed by atoms with E-state index in [0.29, 0.717) is 35.5 Å². The summed E-state index contributed by atoms with van der Waals surface area (Å²) in [5.41, 5.74) is 0. The Morgan fingerprint density at radius 3 is 2.95 bits per heavy atom. The minimum absolute atomic E-state index is 0.188. The van der Waals surface area contributed by atoms with Crippen LogP contribution < -0.4 is 0 Å². The highest BCUT2D eigenvalue weighted by Gasteiger charge is 2.21. The fourth-order valence-corrected chi connectivity index (χ4v) is 3.33. The molecule has 2 heterocycles. The van der Waals surface area contributed by atoms with Crippen LogP contribution in [0.5, 0.6) is 0 Å². The Hall–Kier alpha value is -0.950. The van der Waals surface area contributed by atoms with Crippen molar-refractivity contribution < 1.29 is 9.32 Å². The number of hydrogen-bond donors (Lipinski definition) is 0. The zero-order valence-corrected chi connectivity index (χ0v) is 13.2. The van der Waals surface area contributed by atoms with Crippen LogP contribution in [0.3, 0.4) is 0 Å². The minimum atomic E-state index is 0.188. The maximum atomic E-state index is 11.7. The molecule has 7 heteroatoms. The van der Waals surface area contributed by atoms with Crippen molar-refractivity contribution in [2.24, 2.45) is 0 Å². The molecule has 1 atom stereocenters. The zero-order chi connectivity index (χ0) is 14.1. The van der Waals surface area contributed by atoms with Crippen molar-refractivity contribution in [1.82, 2.24) is 15.0 Å². The third-order valence-electron chi connectivity index (χ3n) is 2.19. The highest BCUT2D eigenvalue weighted by molar-refractivity contribution is 8.13. The van der Waals surface area contributed by atoms with E-state index in [0.717, 1.165) is 5.88 Å². The van der Waals surface area contributed by atoms with Crippen molar-refractivity contribution in [3.05, 3.63) is 23.8 Å². The number of hydrogen-bond acceptors (Lipinski definition) is 6. The summed E-state index contributed by atoms with van der Waals surface area (Å²) in [6, 6.07) is 0. The first-order valence-corrected chi connectivity index (χ1v) is 9.04. The first-order chi connectivity index (χ1) is 9.24. The van der Waals surface area contributed by atoms with E-state index in [1.54, 1.807) is 0 Å². The molecule has 0 N–H and O–H groups in total. The summed E-state index contributed by atoms with van der Waals surface area (Å²) in [6.45, 7) is 4.49. The minimum Gasteiger partial charge on any atom is -0.340 e. The molecule has 0 fully saturated rings. The monoisotopic (exact) mass is 302 g/mol. The van der Waals surface area contributed by atoms with Crippen molar-refractivity contribution in [1.29, 1.82) is 0 Å². The molecule has 0 aromatic carbocycles. The smallest absolute Gasteiger partial charge is 0.227 e. The van der Waals surface area contributed by atoms with Gasteiger partial charge in [-0.15, -0.1) is 0 Å². The van der Waals surface area contributed by atoms with Crippen LogP contribution in [0.2, 0.25) is 0 Å². The molecule has 0 saturated carbocycles. The van der Waals surface area contributed by atoms with Gasteiger partial charge in [0.25, 0.3) is 0 Å². The van der Waals surface area contributed by atoms with E-state index < -0.39 is 0 Å². The number of nitrogens with zero attached hydrogens (tertiary/aromatic N) is 3. The second kappa shape index (κ2) is 9.03. The van der Waals surface area contributed by atoms with Gasteiger partial charge in [-0.25, -0.2) is 0 Å². The zero-order valence-electron chi connectivity index (χ0n) is 11.5. The van der Waals surface area contributed by atoms with Crippen LogP contribution in [0.15, 0.2) is 22.5 Å². The second-order valence-corrected chi connectivity index (χ2v) is 6.72. The average molecular weight is 302 g/mol. The Labute approximate surface area is 121 Å². The van der Waals surface area contributed by atoms with Crippen LogP contribution in [0.1, 0.15) is 19.7 Å². The predicted molar refractivity (Wildman–Crippen MR) is 80.8 cm³/mol. The van der Waals surface area contributed by atoms with Crippen LogP contribution in [0, 0.1) is 0 Å². The SMILES string of the molecule is CC.C[S+]1C=CN(CC(=O)SCCc2ncno2)C1. The van der Waals surface area contributed by atoms with Crippen LogP contribution in [-0.4, -0.2) is 44.6 Å². The van der Waals surface area contributed by atoms with E-state index in [1.807, 2.05) is 20.0 Å². The summed E-state index contributed by atoms with van der Waals surface area (Å²) < 4.78 is 4.86. The number of rotatable bonds is 5. The Morgan fingerprint density at radius 2 is 2.37 bits per heavy atom. The maximum Gasteiger partial charge on any atom is 0.227 e. The molecule has 106 valence electrons. The van der Waals surface area contributed by atoms with Crippen molar-refractivity contribution in [2.75, 3.05) is 24.4 Å². The largest absolute Gasteiger partial charge is 0.340 e. The van der Waals surface area contributed by atoms with Crippen LogP contribution >= 0.6 is 11.8 Å². The normalized spacial score (nSPS) is 17.2. The Kier molecular flexibility index (Phi) is 7.66. The molecule has 0 saturated heterocycles. The van der Waals surface area contributed by atoms with Crippen LogP contribution in [0.4, 0.5) is 0 Å². The first kappa shape index (κ1) is 16.1. The third kappa shape index (κ3) is 6.15. The standard InChI is InChI=1S/C10H14N3O2S2.C2H6/c1-17-5-3-13(8-17)6-10(14)16-4-2-9-11-7-12-15-9;1-2/h3,5,7H,2,4,6,8H2,1H3;1-2H3/q+1;. The lowest BCUT2D eigenvalue weighted by Gasteiger charge is -2.10. The van der Waals surface area contributed by atoms with Gasteiger partial charge in [0.1, 0.15) is 11.7 Å². The van der Waals surface area contributed by atoms with Crippen LogP contribution in [-0.2, 0) is 22.1 Å². The van der Waals surface area contributed by atoms with E-state index >= 15 is 0 Å². The predicted octanol–water partition coefficient (Wildman–Crippen LogP) is 1.89. The molecule has 0 spiro atoms. The lowest BCUT2D eigenvalue weighted by atomic mass is 10.5. The Morgan fingerprint density at radius 1 is 1.58 bits per heavy atom. The number of aromatic nitrogens is 2. The first-order valence-electron chi connectivity index (χ1n) is 6.19. The molecule has 1 aliphatic heterocycles. The van der Waals surface area contributed by atoms with Crippen molar-refractivity contribution in [3.63, 3.8) is 0 Å². The highest BCUT2D eigenvalue weighted by Crippen LogP contribution is 2.12. The molecule has 5 nitrogen and oxygen atoms in total. The van der Waals surface area contributed by atoms with E-state index in [2.05, 4.69) is 26.7 Å².